The van der Waals surface area contributed by atoms with Gasteiger partial charge in [0.25, 0.3) is 30.4 Å². The first-order valence-corrected chi connectivity index (χ1v) is 21.1. The van der Waals surface area contributed by atoms with Crippen molar-refractivity contribution in [1.82, 2.24) is 0 Å². The van der Waals surface area contributed by atoms with Crippen LogP contribution in [0.4, 0.5) is 38.9 Å². The van der Waals surface area contributed by atoms with E-state index >= 15 is 0 Å². The number of nitrogens with one attached hydrogen (secondary N) is 2. The Kier molecular flexibility index (Phi) is 12.1. The predicted octanol–water partition coefficient (Wildman–Crippen LogP) is 6.08. The molecule has 0 fully saturated rings. The molecule has 0 heterocycles. The minimum atomic E-state index is -5.01. The molecule has 0 radical (unpaired) electrons. The summed E-state index contributed by atoms with van der Waals surface area (Å²) >= 11 is 0. The van der Waals surface area contributed by atoms with E-state index in [0.29, 0.717) is 16.5 Å². The van der Waals surface area contributed by atoms with Crippen molar-refractivity contribution < 1.29 is 83.5 Å². The van der Waals surface area contributed by atoms with Gasteiger partial charge >= 0.3 is 35.6 Å². The van der Waals surface area contributed by atoms with E-state index in [1.54, 1.807) is 31.2 Å². The van der Waals surface area contributed by atoms with Gasteiger partial charge in [-0.1, -0.05) is 30.3 Å². The number of carbonyl (C=O) groups is 1. The van der Waals surface area contributed by atoms with E-state index in [-0.39, 0.29) is 73.1 Å². The Morgan fingerprint density at radius 3 is 1.55 bits per heavy atom. The number of carbonyl (C=O) groups excluding carboxylic acids is 1. The van der Waals surface area contributed by atoms with Gasteiger partial charge in [-0.2, -0.15) is 35.5 Å². The maximum Gasteiger partial charge on any atom is 1.00 e. The van der Waals surface area contributed by atoms with Crippen molar-refractivity contribution in [3.8, 4) is 11.5 Å². The minimum Gasteiger partial charge on any atom is -0.505 e. The summed E-state index contributed by atoms with van der Waals surface area (Å²) in [5, 5.41) is 44.3. The number of fused-ring (bicyclic) bond motifs is 3. The van der Waals surface area contributed by atoms with Gasteiger partial charge in [-0.15, -0.1) is 10.2 Å². The number of benzene rings is 7. The van der Waals surface area contributed by atoms with E-state index in [1.807, 2.05) is 0 Å². The number of aromatic hydroxyl groups is 2. The smallest absolute Gasteiger partial charge is 0.505 e. The SMILES string of the molecule is Cc1ccccc1N=Nc1c(S(=O)(=O)O)cc2cc(NC(=O)Nc3ccc4c(O)c(N=Nc5ccc6cc(S(=O)(=O)O)ccc6c5)c(S(=O)(=O)O)cc4c3)ccc2c1O.[Na+]. The topological polar surface area (TPSA) is 294 Å². The molecule has 0 spiro atoms. The molecule has 2 amide bonds. The molecule has 7 N–H and O–H groups in total. The number of urea groups is 1. The normalized spacial score (nSPS) is 12.3. The van der Waals surface area contributed by atoms with Gasteiger partial charge in [-0.3, -0.25) is 13.7 Å². The Balaban J connectivity index is 0.00000604. The van der Waals surface area contributed by atoms with Gasteiger partial charge in [-0.25, -0.2) is 4.79 Å². The molecule has 60 heavy (non-hydrogen) atoms. The maximum atomic E-state index is 13.1. The molecule has 0 aliphatic heterocycles. The number of hydrogen-bond donors (Lipinski definition) is 7. The van der Waals surface area contributed by atoms with Gasteiger partial charge in [0.05, 0.1) is 16.3 Å². The predicted molar refractivity (Wildman–Crippen MR) is 217 cm³/mol. The molecule has 18 nitrogen and oxygen atoms in total. The van der Waals surface area contributed by atoms with Gasteiger partial charge in [0, 0.05) is 22.1 Å². The zero-order valence-corrected chi connectivity index (χ0v) is 35.4. The second-order valence-electron chi connectivity index (χ2n) is 12.9. The molecule has 22 heteroatoms. The van der Waals surface area contributed by atoms with Crippen molar-refractivity contribution in [1.29, 1.82) is 0 Å². The van der Waals surface area contributed by atoms with Crippen molar-refractivity contribution in [3.63, 3.8) is 0 Å². The molecule has 7 rings (SSSR count). The van der Waals surface area contributed by atoms with Gasteiger partial charge in [0.2, 0.25) is 0 Å². The number of aryl methyl sites for hydroxylation is 1. The number of phenols is 2. The molecule has 0 bridgehead atoms. The van der Waals surface area contributed by atoms with E-state index in [1.165, 1.54) is 72.8 Å². The number of azo groups is 2. The van der Waals surface area contributed by atoms with E-state index in [0.717, 1.165) is 17.7 Å². The van der Waals surface area contributed by atoms with Crippen LogP contribution in [0.25, 0.3) is 32.3 Å². The first-order valence-electron chi connectivity index (χ1n) is 16.8. The number of amides is 2. The van der Waals surface area contributed by atoms with Crippen LogP contribution >= 0.6 is 0 Å². The number of rotatable bonds is 9. The van der Waals surface area contributed by atoms with Crippen LogP contribution in [0.1, 0.15) is 5.56 Å². The van der Waals surface area contributed by atoms with E-state index in [2.05, 4.69) is 31.1 Å². The van der Waals surface area contributed by atoms with E-state index < -0.39 is 69.1 Å². The fourth-order valence-corrected chi connectivity index (χ4v) is 7.89. The molecule has 0 aromatic heterocycles. The summed E-state index contributed by atoms with van der Waals surface area (Å²) in [5.74, 6) is -1.26. The van der Waals surface area contributed by atoms with Gasteiger partial charge in [0.15, 0.2) is 11.5 Å². The first kappa shape index (κ1) is 43.7. The second kappa shape index (κ2) is 16.6. The van der Waals surface area contributed by atoms with Crippen molar-refractivity contribution in [2.45, 2.75) is 21.6 Å². The number of phenolic OH excluding ortho intramolecular Hbond substituents is 2. The summed E-state index contributed by atoms with van der Waals surface area (Å²) in [6.07, 6.45) is 0. The minimum absolute atomic E-state index is 0. The zero-order chi connectivity index (χ0) is 42.4. The molecule has 0 atom stereocenters. The zero-order valence-electron chi connectivity index (χ0n) is 31.0. The Morgan fingerprint density at radius 2 is 1.03 bits per heavy atom. The summed E-state index contributed by atoms with van der Waals surface area (Å²) in [4.78, 5) is 11.2. The standard InChI is InChI=1S/C38H28N6O12S3.Na/c1-20-4-2-3-5-31(20)42-44-35-33(59(54,55)56)19-24-16-26(10-13-30(24)37(35)46)40-38(47)39-25-9-12-29-23(15-25)18-32(58(51,52)53)34(36(29)45)43-41-27-8-6-22-17-28(57(48,49)50)11-7-21(22)14-27;/h2-19,45-46H,1H3,(H2,39,40,47)(H,48,49,50)(H,51,52,53)(H,54,55,56);/q;+1. The molecular formula is C38H28N6NaO12S3+. The molecule has 300 valence electrons. The van der Waals surface area contributed by atoms with Crippen molar-refractivity contribution in [2.75, 3.05) is 10.6 Å². The largest absolute Gasteiger partial charge is 1.00 e. The van der Waals surface area contributed by atoms with Crippen LogP contribution < -0.4 is 40.2 Å². The third-order valence-corrected chi connectivity index (χ3v) is 11.5. The quantitative estimate of drug-likeness (QED) is 0.0493. The van der Waals surface area contributed by atoms with Crippen LogP contribution in [-0.4, -0.2) is 55.2 Å². The molecule has 7 aromatic carbocycles. The van der Waals surface area contributed by atoms with Crippen molar-refractivity contribution in [3.05, 3.63) is 115 Å². The molecule has 0 saturated carbocycles. The summed E-state index contributed by atoms with van der Waals surface area (Å²) < 4.78 is 102. The molecule has 0 aliphatic carbocycles. The van der Waals surface area contributed by atoms with Crippen LogP contribution in [0.3, 0.4) is 0 Å². The molecule has 0 saturated heterocycles. The summed E-state index contributed by atoms with van der Waals surface area (Å²) in [6.45, 7) is 1.76. The fourth-order valence-electron chi connectivity index (χ4n) is 6.06. The second-order valence-corrected chi connectivity index (χ2v) is 17.1. The monoisotopic (exact) mass is 879 g/mol. The van der Waals surface area contributed by atoms with Gasteiger partial charge in [-0.05, 0) is 113 Å². The Bertz CT molecular complexity index is 3330. The van der Waals surface area contributed by atoms with Crippen LogP contribution in [0, 0.1) is 6.92 Å². The van der Waals surface area contributed by atoms with Crippen LogP contribution in [-0.2, 0) is 30.4 Å². The van der Waals surface area contributed by atoms with Crippen molar-refractivity contribution in [2.24, 2.45) is 20.5 Å². The van der Waals surface area contributed by atoms with E-state index in [9.17, 15) is 53.9 Å². The number of hydrogen-bond acceptors (Lipinski definition) is 13. The maximum absolute atomic E-state index is 13.1. The first-order chi connectivity index (χ1) is 27.8. The van der Waals surface area contributed by atoms with Gasteiger partial charge in [0.1, 0.15) is 21.2 Å². The summed E-state index contributed by atoms with van der Waals surface area (Å²) in [6, 6.07) is 24.5. The third-order valence-electron chi connectivity index (χ3n) is 8.91. The molecule has 0 aliphatic rings. The Labute approximate surface area is 362 Å². The molecule has 7 aromatic rings. The summed E-state index contributed by atoms with van der Waals surface area (Å²) in [5.41, 5.74) is 0.423. The number of anilines is 2. The molecular weight excluding hydrogens is 852 g/mol. The Hall–Kier alpha value is -5.88. The van der Waals surface area contributed by atoms with Crippen LogP contribution in [0.15, 0.2) is 144 Å². The number of nitrogens with zero attached hydrogens (tertiary/aromatic N) is 4. The average Bonchev–Trinajstić information content (AvgIpc) is 3.16. The van der Waals surface area contributed by atoms with E-state index in [4.69, 9.17) is 0 Å². The van der Waals surface area contributed by atoms with Crippen LogP contribution in [0.2, 0.25) is 0 Å². The van der Waals surface area contributed by atoms with Crippen LogP contribution in [0.5, 0.6) is 11.5 Å². The summed E-state index contributed by atoms with van der Waals surface area (Å²) in [7, 11) is -14.4. The van der Waals surface area contributed by atoms with Gasteiger partial charge < -0.3 is 20.8 Å². The average molecular weight is 880 g/mol. The van der Waals surface area contributed by atoms with Crippen molar-refractivity contribution >= 4 is 103 Å². The fraction of sp³-hybridized carbons (Fsp3) is 0.0263. The molecule has 0 unspecified atom stereocenters. The third kappa shape index (κ3) is 9.28. The Morgan fingerprint density at radius 1 is 0.533 bits per heavy atom.